The van der Waals surface area contributed by atoms with Gasteiger partial charge in [0.15, 0.2) is 4.88 Å². The molecule has 1 heterocycles. The maximum Gasteiger partial charge on any atom is 0.349 e. The average Bonchev–Trinajstić information content (AvgIpc) is 2.71. The van der Waals surface area contributed by atoms with Crippen molar-refractivity contribution < 1.29 is 14.6 Å². The smallest absolute Gasteiger partial charge is 0.349 e. The molecule has 1 aliphatic carbocycles. The highest BCUT2D eigenvalue weighted by atomic mass is 32.1. The van der Waals surface area contributed by atoms with Crippen molar-refractivity contribution in [1.29, 1.82) is 0 Å². The monoisotopic (exact) mass is 268 g/mol. The summed E-state index contributed by atoms with van der Waals surface area (Å²) in [5, 5.41) is 9.16. The van der Waals surface area contributed by atoms with Gasteiger partial charge in [-0.1, -0.05) is 13.3 Å². The van der Waals surface area contributed by atoms with E-state index in [4.69, 9.17) is 9.84 Å². The fourth-order valence-corrected chi connectivity index (χ4v) is 3.47. The average molecular weight is 268 g/mol. The van der Waals surface area contributed by atoms with Gasteiger partial charge in [0.25, 0.3) is 0 Å². The first-order chi connectivity index (χ1) is 8.61. The standard InChI is InChI=1S/C14H20O3S/c1-3-10-6-4-5-7-11(10)17-12-8-9(2)18-13(12)14(15)16/h8,10-11H,3-7H2,1-2H3,(H,15,16). The molecule has 0 aromatic carbocycles. The zero-order valence-electron chi connectivity index (χ0n) is 10.9. The van der Waals surface area contributed by atoms with Crippen LogP contribution in [0.2, 0.25) is 0 Å². The van der Waals surface area contributed by atoms with E-state index in [2.05, 4.69) is 6.92 Å². The lowest BCUT2D eigenvalue weighted by Gasteiger charge is -2.31. The summed E-state index contributed by atoms with van der Waals surface area (Å²) in [6.07, 6.45) is 6.00. The van der Waals surface area contributed by atoms with Gasteiger partial charge in [-0.2, -0.15) is 0 Å². The molecule has 1 saturated carbocycles. The molecule has 1 aliphatic rings. The molecule has 1 aromatic rings. The summed E-state index contributed by atoms with van der Waals surface area (Å²) in [5.41, 5.74) is 0. The number of hydrogen-bond donors (Lipinski definition) is 1. The number of carboxylic acid groups (broad SMARTS) is 1. The van der Waals surface area contributed by atoms with Crippen molar-refractivity contribution in [2.75, 3.05) is 0 Å². The van der Waals surface area contributed by atoms with Crippen molar-refractivity contribution in [3.8, 4) is 5.75 Å². The van der Waals surface area contributed by atoms with Crippen LogP contribution in [-0.4, -0.2) is 17.2 Å². The fourth-order valence-electron chi connectivity index (χ4n) is 2.69. The lowest BCUT2D eigenvalue weighted by Crippen LogP contribution is -2.30. The van der Waals surface area contributed by atoms with Gasteiger partial charge in [-0.3, -0.25) is 0 Å². The van der Waals surface area contributed by atoms with E-state index in [-0.39, 0.29) is 6.10 Å². The Labute approximate surface area is 112 Å². The first-order valence-corrected chi connectivity index (χ1v) is 7.43. The maximum atomic E-state index is 11.2. The molecule has 0 bridgehead atoms. The van der Waals surface area contributed by atoms with Gasteiger partial charge in [0.2, 0.25) is 0 Å². The molecule has 2 rings (SSSR count). The van der Waals surface area contributed by atoms with Gasteiger partial charge in [-0.05, 0) is 44.6 Å². The van der Waals surface area contributed by atoms with Gasteiger partial charge >= 0.3 is 5.97 Å². The number of carbonyl (C=O) groups is 1. The third-order valence-corrected chi connectivity index (χ3v) is 4.68. The molecule has 0 amide bonds. The minimum Gasteiger partial charge on any atom is -0.488 e. The number of rotatable bonds is 4. The van der Waals surface area contributed by atoms with Gasteiger partial charge in [0.1, 0.15) is 11.9 Å². The van der Waals surface area contributed by atoms with Gasteiger partial charge in [-0.15, -0.1) is 11.3 Å². The lowest BCUT2D eigenvalue weighted by atomic mass is 9.85. The Morgan fingerprint density at radius 1 is 1.50 bits per heavy atom. The van der Waals surface area contributed by atoms with E-state index >= 15 is 0 Å². The molecule has 0 radical (unpaired) electrons. The zero-order valence-corrected chi connectivity index (χ0v) is 11.8. The second-order valence-electron chi connectivity index (χ2n) is 4.96. The van der Waals surface area contributed by atoms with Gasteiger partial charge in [0, 0.05) is 4.88 Å². The second-order valence-corrected chi connectivity index (χ2v) is 6.22. The van der Waals surface area contributed by atoms with Crippen LogP contribution in [0.5, 0.6) is 5.75 Å². The van der Waals surface area contributed by atoms with Crippen molar-refractivity contribution in [3.63, 3.8) is 0 Å². The molecule has 4 heteroatoms. The predicted molar refractivity (Wildman–Crippen MR) is 72.7 cm³/mol. The van der Waals surface area contributed by atoms with E-state index in [0.29, 0.717) is 16.5 Å². The van der Waals surface area contributed by atoms with E-state index in [1.807, 2.05) is 13.0 Å². The van der Waals surface area contributed by atoms with E-state index in [1.165, 1.54) is 30.6 Å². The normalized spacial score (nSPS) is 23.9. The minimum atomic E-state index is -0.882. The number of aromatic carboxylic acids is 1. The topological polar surface area (TPSA) is 46.5 Å². The summed E-state index contributed by atoms with van der Waals surface area (Å²) in [6, 6.07) is 1.86. The Morgan fingerprint density at radius 2 is 2.22 bits per heavy atom. The number of hydrogen-bond acceptors (Lipinski definition) is 3. The van der Waals surface area contributed by atoms with Crippen molar-refractivity contribution in [2.45, 2.75) is 52.1 Å². The molecular formula is C14H20O3S. The summed E-state index contributed by atoms with van der Waals surface area (Å²) in [7, 11) is 0. The zero-order chi connectivity index (χ0) is 13.1. The van der Waals surface area contributed by atoms with Crippen LogP contribution < -0.4 is 4.74 Å². The van der Waals surface area contributed by atoms with Crippen LogP contribution in [-0.2, 0) is 0 Å². The molecule has 1 N–H and O–H groups in total. The van der Waals surface area contributed by atoms with Crippen LogP contribution >= 0.6 is 11.3 Å². The number of thiophene rings is 1. The van der Waals surface area contributed by atoms with Crippen LogP contribution in [0.3, 0.4) is 0 Å². The molecule has 1 aromatic heterocycles. The highest BCUT2D eigenvalue weighted by molar-refractivity contribution is 7.14. The van der Waals surface area contributed by atoms with Crippen LogP contribution in [0.15, 0.2) is 6.07 Å². The SMILES string of the molecule is CCC1CCCCC1Oc1cc(C)sc1C(=O)O. The quantitative estimate of drug-likeness (QED) is 0.894. The lowest BCUT2D eigenvalue weighted by molar-refractivity contribution is 0.0672. The van der Waals surface area contributed by atoms with E-state index in [9.17, 15) is 4.79 Å². The van der Waals surface area contributed by atoms with Crippen molar-refractivity contribution in [1.82, 2.24) is 0 Å². The Hall–Kier alpha value is -1.03. The van der Waals surface area contributed by atoms with Crippen molar-refractivity contribution in [3.05, 3.63) is 15.8 Å². The summed E-state index contributed by atoms with van der Waals surface area (Å²) < 4.78 is 6.00. The van der Waals surface area contributed by atoms with E-state index in [0.717, 1.165) is 17.7 Å². The summed E-state index contributed by atoms with van der Waals surface area (Å²) in [6.45, 7) is 4.10. The van der Waals surface area contributed by atoms with Crippen LogP contribution in [0.1, 0.15) is 53.6 Å². The Bertz CT molecular complexity index is 425. The van der Waals surface area contributed by atoms with E-state index in [1.54, 1.807) is 0 Å². The third-order valence-electron chi connectivity index (χ3n) is 3.66. The highest BCUT2D eigenvalue weighted by Gasteiger charge is 2.27. The molecule has 18 heavy (non-hydrogen) atoms. The Balaban J connectivity index is 2.14. The Kier molecular flexibility index (Phi) is 4.27. The van der Waals surface area contributed by atoms with Crippen LogP contribution in [0, 0.1) is 12.8 Å². The molecule has 2 unspecified atom stereocenters. The third kappa shape index (κ3) is 2.86. The van der Waals surface area contributed by atoms with Gasteiger partial charge < -0.3 is 9.84 Å². The molecule has 2 atom stereocenters. The second kappa shape index (κ2) is 5.74. The fraction of sp³-hybridized carbons (Fsp3) is 0.643. The summed E-state index contributed by atoms with van der Waals surface area (Å²) in [5.74, 6) is 0.253. The molecule has 0 aliphatic heterocycles. The first kappa shape index (κ1) is 13.4. The summed E-state index contributed by atoms with van der Waals surface area (Å²) >= 11 is 1.30. The predicted octanol–water partition coefficient (Wildman–Crippen LogP) is 4.10. The van der Waals surface area contributed by atoms with Crippen molar-refractivity contribution >= 4 is 17.3 Å². The number of carboxylic acids is 1. The minimum absolute atomic E-state index is 0.191. The van der Waals surface area contributed by atoms with E-state index < -0.39 is 5.97 Å². The van der Waals surface area contributed by atoms with Gasteiger partial charge in [0.05, 0.1) is 0 Å². The molecule has 3 nitrogen and oxygen atoms in total. The summed E-state index contributed by atoms with van der Waals surface area (Å²) in [4.78, 5) is 12.5. The Morgan fingerprint density at radius 3 is 2.89 bits per heavy atom. The molecule has 1 fully saturated rings. The molecule has 0 saturated heterocycles. The number of ether oxygens (including phenoxy) is 1. The molecule has 0 spiro atoms. The maximum absolute atomic E-state index is 11.2. The van der Waals surface area contributed by atoms with Crippen LogP contribution in [0.4, 0.5) is 0 Å². The largest absolute Gasteiger partial charge is 0.488 e. The van der Waals surface area contributed by atoms with Crippen LogP contribution in [0.25, 0.3) is 0 Å². The van der Waals surface area contributed by atoms with Crippen molar-refractivity contribution in [2.24, 2.45) is 5.92 Å². The number of aryl methyl sites for hydroxylation is 1. The molecule has 100 valence electrons. The first-order valence-electron chi connectivity index (χ1n) is 6.62. The highest BCUT2D eigenvalue weighted by Crippen LogP contribution is 2.35. The van der Waals surface area contributed by atoms with Gasteiger partial charge in [-0.25, -0.2) is 4.79 Å². The molecular weight excluding hydrogens is 248 g/mol.